The minimum atomic E-state index is -0.800. The molecule has 2 rings (SSSR count). The molecule has 2 heterocycles. The molecule has 0 aromatic rings. The maximum atomic E-state index is 5.77. The second-order valence-corrected chi connectivity index (χ2v) is 7.95. The Morgan fingerprint density at radius 2 is 1.16 bits per heavy atom. The first-order valence-corrected chi connectivity index (χ1v) is 9.05. The van der Waals surface area contributed by atoms with E-state index >= 15 is 0 Å². The van der Waals surface area contributed by atoms with E-state index in [-0.39, 0.29) is 5.41 Å². The van der Waals surface area contributed by atoms with Crippen LogP contribution in [0.25, 0.3) is 0 Å². The van der Waals surface area contributed by atoms with Gasteiger partial charge in [0.2, 0.25) is 0 Å². The predicted molar refractivity (Wildman–Crippen MR) is 73.6 cm³/mol. The molecule has 2 aliphatic rings. The van der Waals surface area contributed by atoms with Crippen LogP contribution in [0.5, 0.6) is 0 Å². The first-order valence-electron chi connectivity index (χ1n) is 6.33. The van der Waals surface area contributed by atoms with E-state index in [4.69, 9.17) is 27.6 Å². The minimum absolute atomic E-state index is 0.127. The maximum absolute atomic E-state index is 5.77. The van der Waals surface area contributed by atoms with Crippen molar-refractivity contribution in [3.63, 3.8) is 0 Å². The molecule has 0 radical (unpaired) electrons. The van der Waals surface area contributed by atoms with E-state index in [1.165, 1.54) is 0 Å². The second kappa shape index (κ2) is 8.16. The lowest BCUT2D eigenvalue weighted by Gasteiger charge is -2.42. The lowest BCUT2D eigenvalue weighted by Crippen LogP contribution is -2.45. The lowest BCUT2D eigenvalue weighted by atomic mass is 9.93. The third-order valence-corrected chi connectivity index (χ3v) is 5.78. The average molecular weight is 312 g/mol. The summed E-state index contributed by atoms with van der Waals surface area (Å²) in [6, 6.07) is 0. The van der Waals surface area contributed by atoms with E-state index in [1.807, 2.05) is 0 Å². The highest BCUT2D eigenvalue weighted by atomic mass is 31.2. The monoisotopic (exact) mass is 312 g/mol. The van der Waals surface area contributed by atoms with Crippen LogP contribution >= 0.6 is 16.8 Å². The van der Waals surface area contributed by atoms with Crippen LogP contribution in [0.15, 0.2) is 0 Å². The Morgan fingerprint density at radius 3 is 1.47 bits per heavy atom. The van der Waals surface area contributed by atoms with Crippen molar-refractivity contribution >= 4 is 16.8 Å². The summed E-state index contributed by atoms with van der Waals surface area (Å²) in [6.45, 7) is 3.94. The zero-order valence-electron chi connectivity index (χ0n) is 11.5. The van der Waals surface area contributed by atoms with E-state index in [9.17, 15) is 0 Å². The fourth-order valence-electron chi connectivity index (χ4n) is 1.75. The molecule has 112 valence electrons. The van der Waals surface area contributed by atoms with Crippen LogP contribution in [0.4, 0.5) is 0 Å². The van der Waals surface area contributed by atoms with Crippen molar-refractivity contribution < 1.29 is 27.6 Å². The van der Waals surface area contributed by atoms with Gasteiger partial charge in [0.15, 0.2) is 16.8 Å². The van der Waals surface area contributed by atoms with Gasteiger partial charge in [0.25, 0.3) is 0 Å². The van der Waals surface area contributed by atoms with Crippen LogP contribution in [0, 0.1) is 5.41 Å². The van der Waals surface area contributed by atoms with Crippen molar-refractivity contribution in [2.45, 2.75) is 0 Å². The zero-order chi connectivity index (χ0) is 13.6. The van der Waals surface area contributed by atoms with Gasteiger partial charge in [-0.15, -0.1) is 0 Å². The van der Waals surface area contributed by atoms with Crippen LogP contribution in [0.1, 0.15) is 0 Å². The molecule has 0 bridgehead atoms. The molecule has 19 heavy (non-hydrogen) atoms. The number of rotatable bonds is 6. The van der Waals surface area contributed by atoms with E-state index in [0.29, 0.717) is 39.6 Å². The highest BCUT2D eigenvalue weighted by molar-refractivity contribution is 7.47. The van der Waals surface area contributed by atoms with Crippen LogP contribution in [0.2, 0.25) is 0 Å². The molecule has 0 aliphatic carbocycles. The van der Waals surface area contributed by atoms with E-state index in [0.717, 1.165) is 12.3 Å². The second-order valence-electron chi connectivity index (χ2n) is 4.69. The molecule has 1 spiro atoms. The molecule has 2 fully saturated rings. The molecule has 0 aromatic heterocycles. The maximum Gasteiger partial charge on any atom is 0.172 e. The standard InChI is InChI=1S/C11H22O6P2/c1-12-3-5-18-14-7-11(8-15-18)9-16-19(17-10-11)6-4-13-2/h3-10H2,1-2H3. The van der Waals surface area contributed by atoms with E-state index < -0.39 is 16.8 Å². The highest BCUT2D eigenvalue weighted by Crippen LogP contribution is 2.51. The summed E-state index contributed by atoms with van der Waals surface area (Å²) in [5, 5.41) is 0. The first-order chi connectivity index (χ1) is 9.28. The number of methoxy groups -OCH3 is 2. The Hall–Kier alpha value is 0.620. The van der Waals surface area contributed by atoms with Crippen molar-refractivity contribution in [3.8, 4) is 0 Å². The first kappa shape index (κ1) is 16.0. The quantitative estimate of drug-likeness (QED) is 0.699. The van der Waals surface area contributed by atoms with Gasteiger partial charge in [-0.3, -0.25) is 0 Å². The zero-order valence-corrected chi connectivity index (χ0v) is 13.3. The molecule has 0 atom stereocenters. The molecule has 0 saturated carbocycles. The van der Waals surface area contributed by atoms with Crippen LogP contribution in [0.3, 0.4) is 0 Å². The molecule has 0 N–H and O–H groups in total. The summed E-state index contributed by atoms with van der Waals surface area (Å²) in [5.41, 5.74) is -0.127. The highest BCUT2D eigenvalue weighted by Gasteiger charge is 2.42. The molecule has 0 aromatic carbocycles. The topological polar surface area (TPSA) is 55.4 Å². The van der Waals surface area contributed by atoms with Gasteiger partial charge in [-0.2, -0.15) is 0 Å². The van der Waals surface area contributed by atoms with Crippen molar-refractivity contribution in [2.75, 3.05) is 66.2 Å². The van der Waals surface area contributed by atoms with E-state index in [2.05, 4.69) is 0 Å². The molecule has 2 aliphatic heterocycles. The van der Waals surface area contributed by atoms with Crippen molar-refractivity contribution in [3.05, 3.63) is 0 Å². The summed E-state index contributed by atoms with van der Waals surface area (Å²) in [6.07, 6.45) is 1.65. The van der Waals surface area contributed by atoms with Crippen molar-refractivity contribution in [1.29, 1.82) is 0 Å². The normalized spacial score (nSPS) is 35.7. The van der Waals surface area contributed by atoms with Gasteiger partial charge in [0.05, 0.1) is 45.1 Å². The predicted octanol–water partition coefficient (Wildman–Crippen LogP) is 1.98. The fourth-order valence-corrected chi connectivity index (χ4v) is 4.75. The fraction of sp³-hybridized carbons (Fsp3) is 1.00. The Morgan fingerprint density at radius 1 is 0.789 bits per heavy atom. The molecule has 6 nitrogen and oxygen atoms in total. The van der Waals surface area contributed by atoms with Gasteiger partial charge >= 0.3 is 0 Å². The number of hydrogen-bond donors (Lipinski definition) is 0. The summed E-state index contributed by atoms with van der Waals surface area (Å²) in [4.78, 5) is 0. The molecule has 0 amide bonds. The smallest absolute Gasteiger partial charge is 0.172 e. The van der Waals surface area contributed by atoms with Crippen molar-refractivity contribution in [2.24, 2.45) is 5.41 Å². The number of ether oxygens (including phenoxy) is 2. The van der Waals surface area contributed by atoms with Gasteiger partial charge in [-0.1, -0.05) is 0 Å². The SMILES string of the molecule is COCCP1OCC2(CO1)COP(CCOC)OC2. The Bertz CT molecular complexity index is 222. The van der Waals surface area contributed by atoms with Crippen molar-refractivity contribution in [1.82, 2.24) is 0 Å². The molecule has 0 unspecified atom stereocenters. The summed E-state index contributed by atoms with van der Waals surface area (Å²) in [7, 11) is 1.77. The summed E-state index contributed by atoms with van der Waals surface area (Å²) in [5.74, 6) is 0. The van der Waals surface area contributed by atoms with Gasteiger partial charge in [-0.25, -0.2) is 0 Å². The third-order valence-electron chi connectivity index (χ3n) is 3.01. The minimum Gasteiger partial charge on any atom is -0.384 e. The Labute approximate surface area is 116 Å². The van der Waals surface area contributed by atoms with Gasteiger partial charge < -0.3 is 27.6 Å². The Balaban J connectivity index is 1.69. The van der Waals surface area contributed by atoms with Gasteiger partial charge in [0.1, 0.15) is 0 Å². The Kier molecular flexibility index (Phi) is 6.87. The molecule has 2 saturated heterocycles. The van der Waals surface area contributed by atoms with Gasteiger partial charge in [-0.05, 0) is 0 Å². The summed E-state index contributed by atoms with van der Waals surface area (Å²) < 4.78 is 33.2. The van der Waals surface area contributed by atoms with Crippen LogP contribution in [-0.2, 0) is 27.6 Å². The largest absolute Gasteiger partial charge is 0.384 e. The van der Waals surface area contributed by atoms with Gasteiger partial charge in [0, 0.05) is 26.5 Å². The summed E-state index contributed by atoms with van der Waals surface area (Å²) >= 11 is 0. The van der Waals surface area contributed by atoms with E-state index in [1.54, 1.807) is 14.2 Å². The molecular weight excluding hydrogens is 290 g/mol. The average Bonchev–Trinajstić information content (AvgIpc) is 2.46. The number of hydrogen-bond acceptors (Lipinski definition) is 6. The lowest BCUT2D eigenvalue weighted by molar-refractivity contribution is -0.0538. The molecule has 8 heteroatoms. The molecular formula is C11H22O6P2. The van der Waals surface area contributed by atoms with Crippen LogP contribution < -0.4 is 0 Å². The van der Waals surface area contributed by atoms with Crippen LogP contribution in [-0.4, -0.2) is 66.2 Å². The third kappa shape index (κ3) is 4.83.